The Kier molecular flexibility index (Phi) is 3.46. The molecule has 0 aliphatic heterocycles. The van der Waals surface area contributed by atoms with Crippen LogP contribution in [0.2, 0.25) is 0 Å². The second kappa shape index (κ2) is 5.13. The van der Waals surface area contributed by atoms with E-state index in [0.29, 0.717) is 24.4 Å². The lowest BCUT2D eigenvalue weighted by Crippen LogP contribution is -2.39. The largest absolute Gasteiger partial charge is 0.354 e. The number of benzene rings is 1. The molecule has 3 N–H and O–H groups in total. The van der Waals surface area contributed by atoms with Crippen LogP contribution in [0.1, 0.15) is 30.7 Å². The third-order valence-electron chi connectivity index (χ3n) is 4.24. The summed E-state index contributed by atoms with van der Waals surface area (Å²) in [6, 6.07) is 3.88. The fraction of sp³-hybridized carbons (Fsp3) is 0.533. The van der Waals surface area contributed by atoms with Crippen molar-refractivity contribution in [3.05, 3.63) is 35.4 Å². The number of hydrogen-bond acceptors (Lipinski definition) is 2. The number of halogens is 2. The minimum atomic E-state index is -0.857. The first kappa shape index (κ1) is 13.5. The van der Waals surface area contributed by atoms with Crippen molar-refractivity contribution >= 4 is 5.91 Å². The van der Waals surface area contributed by atoms with Gasteiger partial charge in [0.15, 0.2) is 11.6 Å². The van der Waals surface area contributed by atoms with Gasteiger partial charge in [-0.2, -0.15) is 0 Å². The first-order valence-electron chi connectivity index (χ1n) is 7.04. The molecule has 1 aromatic carbocycles. The Balaban J connectivity index is 1.52. The molecule has 20 heavy (non-hydrogen) atoms. The summed E-state index contributed by atoms with van der Waals surface area (Å²) >= 11 is 0. The average molecular weight is 280 g/mol. The van der Waals surface area contributed by atoms with Gasteiger partial charge >= 0.3 is 0 Å². The van der Waals surface area contributed by atoms with Crippen molar-refractivity contribution in [2.75, 3.05) is 6.54 Å². The number of rotatable bonds is 5. The summed E-state index contributed by atoms with van der Waals surface area (Å²) in [6.07, 6.45) is 2.99. The van der Waals surface area contributed by atoms with E-state index in [1.165, 1.54) is 6.07 Å². The van der Waals surface area contributed by atoms with Crippen LogP contribution in [0.25, 0.3) is 0 Å². The molecule has 3 atom stereocenters. The van der Waals surface area contributed by atoms with E-state index in [9.17, 15) is 13.6 Å². The Morgan fingerprint density at radius 2 is 2.10 bits per heavy atom. The van der Waals surface area contributed by atoms with Crippen LogP contribution in [0.4, 0.5) is 8.78 Å². The molecule has 0 aromatic heterocycles. The van der Waals surface area contributed by atoms with E-state index in [0.717, 1.165) is 18.9 Å². The molecular formula is C15H18F2N2O. The SMILES string of the molecule is NC(CNC(=O)C1CC1c1ccc(F)c(F)c1)C1CC1. The zero-order chi connectivity index (χ0) is 14.3. The van der Waals surface area contributed by atoms with Crippen molar-refractivity contribution in [3.8, 4) is 0 Å². The van der Waals surface area contributed by atoms with Crippen molar-refractivity contribution in [2.24, 2.45) is 17.6 Å². The Hall–Kier alpha value is -1.49. The quantitative estimate of drug-likeness (QED) is 0.866. The number of nitrogens with two attached hydrogens (primary N) is 1. The van der Waals surface area contributed by atoms with E-state index in [1.54, 1.807) is 6.07 Å². The van der Waals surface area contributed by atoms with E-state index in [1.807, 2.05) is 0 Å². The lowest BCUT2D eigenvalue weighted by atomic mass is 10.1. The van der Waals surface area contributed by atoms with Gasteiger partial charge in [-0.3, -0.25) is 4.79 Å². The maximum atomic E-state index is 13.2. The molecule has 3 unspecified atom stereocenters. The third kappa shape index (κ3) is 2.82. The van der Waals surface area contributed by atoms with Crippen LogP contribution in [0, 0.1) is 23.5 Å². The molecule has 5 heteroatoms. The van der Waals surface area contributed by atoms with Gasteiger partial charge < -0.3 is 11.1 Å². The minimum Gasteiger partial charge on any atom is -0.354 e. The molecule has 0 heterocycles. The van der Waals surface area contributed by atoms with E-state index < -0.39 is 11.6 Å². The predicted molar refractivity (Wildman–Crippen MR) is 70.9 cm³/mol. The Labute approximate surface area is 116 Å². The van der Waals surface area contributed by atoms with Gasteiger partial charge in [0.2, 0.25) is 5.91 Å². The molecule has 1 aromatic rings. The zero-order valence-corrected chi connectivity index (χ0v) is 11.1. The lowest BCUT2D eigenvalue weighted by Gasteiger charge is -2.11. The zero-order valence-electron chi connectivity index (χ0n) is 11.1. The molecule has 0 bridgehead atoms. The topological polar surface area (TPSA) is 55.1 Å². The van der Waals surface area contributed by atoms with Crippen LogP contribution in [-0.2, 0) is 4.79 Å². The molecule has 108 valence electrons. The lowest BCUT2D eigenvalue weighted by molar-refractivity contribution is -0.122. The van der Waals surface area contributed by atoms with E-state index in [4.69, 9.17) is 5.73 Å². The summed E-state index contributed by atoms with van der Waals surface area (Å²) in [5, 5.41) is 2.86. The van der Waals surface area contributed by atoms with Crippen molar-refractivity contribution < 1.29 is 13.6 Å². The Morgan fingerprint density at radius 1 is 1.35 bits per heavy atom. The number of amides is 1. The van der Waals surface area contributed by atoms with Crippen molar-refractivity contribution in [2.45, 2.75) is 31.2 Å². The second-order valence-electron chi connectivity index (χ2n) is 5.87. The molecular weight excluding hydrogens is 262 g/mol. The van der Waals surface area contributed by atoms with Gasteiger partial charge in [-0.25, -0.2) is 8.78 Å². The van der Waals surface area contributed by atoms with Gasteiger partial charge in [0.1, 0.15) is 0 Å². The second-order valence-corrected chi connectivity index (χ2v) is 5.87. The molecule has 0 saturated heterocycles. The van der Waals surface area contributed by atoms with Gasteiger partial charge in [-0.05, 0) is 48.8 Å². The van der Waals surface area contributed by atoms with Gasteiger partial charge in [0, 0.05) is 18.5 Å². The molecule has 1 amide bonds. The monoisotopic (exact) mass is 280 g/mol. The maximum absolute atomic E-state index is 13.2. The molecule has 2 aliphatic carbocycles. The fourth-order valence-corrected chi connectivity index (χ4v) is 2.64. The van der Waals surface area contributed by atoms with E-state index >= 15 is 0 Å². The number of carbonyl (C=O) groups excluding carboxylic acids is 1. The summed E-state index contributed by atoms with van der Waals surface area (Å²) in [7, 11) is 0. The maximum Gasteiger partial charge on any atom is 0.223 e. The van der Waals surface area contributed by atoms with Gasteiger partial charge in [-0.15, -0.1) is 0 Å². The van der Waals surface area contributed by atoms with Crippen molar-refractivity contribution in [1.82, 2.24) is 5.32 Å². The molecule has 3 nitrogen and oxygen atoms in total. The first-order chi connectivity index (χ1) is 9.56. The van der Waals surface area contributed by atoms with Crippen LogP contribution in [0.3, 0.4) is 0 Å². The number of nitrogens with one attached hydrogen (secondary N) is 1. The highest BCUT2D eigenvalue weighted by Crippen LogP contribution is 2.47. The van der Waals surface area contributed by atoms with Crippen LogP contribution >= 0.6 is 0 Å². The highest BCUT2D eigenvalue weighted by molar-refractivity contribution is 5.82. The summed E-state index contributed by atoms with van der Waals surface area (Å²) in [4.78, 5) is 12.0. The number of hydrogen-bond donors (Lipinski definition) is 2. The van der Waals surface area contributed by atoms with Crippen LogP contribution in [0.5, 0.6) is 0 Å². The molecule has 2 fully saturated rings. The first-order valence-corrected chi connectivity index (χ1v) is 7.04. The summed E-state index contributed by atoms with van der Waals surface area (Å²) < 4.78 is 26.0. The van der Waals surface area contributed by atoms with Crippen LogP contribution in [0.15, 0.2) is 18.2 Å². The Bertz CT molecular complexity index is 531. The van der Waals surface area contributed by atoms with Crippen LogP contribution < -0.4 is 11.1 Å². The Morgan fingerprint density at radius 3 is 2.75 bits per heavy atom. The summed E-state index contributed by atoms with van der Waals surface area (Å²) in [6.45, 7) is 0.504. The molecule has 0 radical (unpaired) electrons. The minimum absolute atomic E-state index is 0.00208. The average Bonchev–Trinajstić information content (AvgIpc) is 3.28. The molecule has 2 aliphatic rings. The van der Waals surface area contributed by atoms with Crippen LogP contribution in [-0.4, -0.2) is 18.5 Å². The normalized spacial score (nSPS) is 26.1. The van der Waals surface area contributed by atoms with Crippen molar-refractivity contribution in [3.63, 3.8) is 0 Å². The highest BCUT2D eigenvalue weighted by Gasteiger charge is 2.44. The molecule has 0 spiro atoms. The summed E-state index contributed by atoms with van der Waals surface area (Å²) in [5.74, 6) is -1.32. The van der Waals surface area contributed by atoms with Gasteiger partial charge in [0.25, 0.3) is 0 Å². The number of carbonyl (C=O) groups is 1. The third-order valence-corrected chi connectivity index (χ3v) is 4.24. The van der Waals surface area contributed by atoms with Crippen molar-refractivity contribution in [1.29, 1.82) is 0 Å². The van der Waals surface area contributed by atoms with Gasteiger partial charge in [0.05, 0.1) is 0 Å². The molecule has 3 rings (SSSR count). The van der Waals surface area contributed by atoms with E-state index in [2.05, 4.69) is 5.32 Å². The fourth-order valence-electron chi connectivity index (χ4n) is 2.64. The standard InChI is InChI=1S/C15H18F2N2O/c16-12-4-3-9(5-13(12)17)10-6-11(10)15(20)19-7-14(18)8-1-2-8/h3-5,8,10-11,14H,1-2,6-7,18H2,(H,19,20). The van der Waals surface area contributed by atoms with E-state index in [-0.39, 0.29) is 23.8 Å². The highest BCUT2D eigenvalue weighted by atomic mass is 19.2. The molecule has 2 saturated carbocycles. The smallest absolute Gasteiger partial charge is 0.223 e. The van der Waals surface area contributed by atoms with Gasteiger partial charge in [-0.1, -0.05) is 6.07 Å². The predicted octanol–water partition coefficient (Wildman–Crippen LogP) is 1.92. The summed E-state index contributed by atoms with van der Waals surface area (Å²) in [5.41, 5.74) is 6.61.